The molecule has 0 bridgehead atoms. The monoisotopic (exact) mass is 435 g/mol. The highest BCUT2D eigenvalue weighted by molar-refractivity contribution is 5.95. The zero-order valence-corrected chi connectivity index (χ0v) is 18.0. The van der Waals surface area contributed by atoms with Crippen molar-refractivity contribution in [2.45, 2.75) is 27.2 Å². The van der Waals surface area contributed by atoms with Gasteiger partial charge >= 0.3 is 0 Å². The Morgan fingerprint density at radius 1 is 1.00 bits per heavy atom. The summed E-state index contributed by atoms with van der Waals surface area (Å²) in [6.07, 6.45) is 3.62. The van der Waals surface area contributed by atoms with Crippen LogP contribution in [0.5, 0.6) is 11.5 Å². The number of rotatable bonds is 5. The zero-order valence-electron chi connectivity index (χ0n) is 18.0. The summed E-state index contributed by atoms with van der Waals surface area (Å²) < 4.78 is 33.1. The third-order valence-electron chi connectivity index (χ3n) is 4.69. The molecule has 4 aromatic rings. The Hall–Kier alpha value is -3.87. The van der Waals surface area contributed by atoms with E-state index in [0.29, 0.717) is 34.6 Å². The lowest BCUT2D eigenvalue weighted by Crippen LogP contribution is -2.13. The number of nitrogens with zero attached hydrogens (tertiary/aromatic N) is 2. The first-order valence-corrected chi connectivity index (χ1v) is 10.3. The molecule has 0 saturated heterocycles. The summed E-state index contributed by atoms with van der Waals surface area (Å²) in [4.78, 5) is 19.9. The third kappa shape index (κ3) is 4.88. The van der Waals surface area contributed by atoms with Gasteiger partial charge in [0.05, 0.1) is 11.9 Å². The second-order valence-electron chi connectivity index (χ2n) is 6.70. The molecule has 0 aliphatic carbocycles. The molecule has 0 unspecified atom stereocenters. The van der Waals surface area contributed by atoms with Gasteiger partial charge in [-0.25, -0.2) is 13.8 Å². The molecule has 0 spiro atoms. The molecule has 0 radical (unpaired) electrons. The fourth-order valence-electron chi connectivity index (χ4n) is 3.26. The highest BCUT2D eigenvalue weighted by Gasteiger charge is 2.11. The summed E-state index contributed by atoms with van der Waals surface area (Å²) in [5.41, 5.74) is 8.25. The average Bonchev–Trinajstić information content (AvgIpc) is 2.79. The van der Waals surface area contributed by atoms with Gasteiger partial charge in [0.25, 0.3) is 0 Å². The highest BCUT2D eigenvalue weighted by atomic mass is 19.1. The zero-order chi connectivity index (χ0) is 23.3. The van der Waals surface area contributed by atoms with Gasteiger partial charge in [0, 0.05) is 34.8 Å². The summed E-state index contributed by atoms with van der Waals surface area (Å²) in [7, 11) is 0. The number of amides is 1. The maximum atomic E-state index is 13.8. The van der Waals surface area contributed by atoms with Crippen molar-refractivity contribution in [1.29, 1.82) is 0 Å². The van der Waals surface area contributed by atoms with Crippen LogP contribution in [0.1, 0.15) is 36.7 Å². The lowest BCUT2D eigenvalue weighted by molar-refractivity contribution is 0.0999. The summed E-state index contributed by atoms with van der Waals surface area (Å²) in [6, 6.07) is 12.2. The molecule has 32 heavy (non-hydrogen) atoms. The van der Waals surface area contributed by atoms with Gasteiger partial charge in [-0.15, -0.1) is 0 Å². The maximum Gasteiger partial charge on any atom is 0.248 e. The van der Waals surface area contributed by atoms with Crippen LogP contribution < -0.4 is 10.5 Å². The normalized spacial score (nSPS) is 10.4. The first-order chi connectivity index (χ1) is 15.4. The van der Waals surface area contributed by atoms with E-state index in [1.54, 1.807) is 30.5 Å². The van der Waals surface area contributed by atoms with Crippen LogP contribution in [-0.4, -0.2) is 15.9 Å². The Bertz CT molecular complexity index is 1280. The SMILES string of the molecule is CC.CCc1cc(-c2cc(Oc3cnc4c(F)cc(F)cc4c3)ccn2)ccc1C(N)=O. The van der Waals surface area contributed by atoms with E-state index >= 15 is 0 Å². The standard InChI is InChI=1S/C23H17F2N3O2.C2H6/c1-2-13-7-14(3-4-19(13)23(26)29)21-11-17(5-6-27-21)30-18-9-15-8-16(24)10-20(25)22(15)28-12-18;1-2/h3-12H,2H2,1H3,(H2,26,29);1-2H3. The molecule has 7 heteroatoms. The smallest absolute Gasteiger partial charge is 0.248 e. The number of hydrogen-bond donors (Lipinski definition) is 1. The summed E-state index contributed by atoms with van der Waals surface area (Å²) in [5, 5.41) is 0.300. The molecular weight excluding hydrogens is 412 g/mol. The van der Waals surface area contributed by atoms with E-state index in [9.17, 15) is 13.6 Å². The van der Waals surface area contributed by atoms with Gasteiger partial charge in [-0.05, 0) is 42.3 Å². The van der Waals surface area contributed by atoms with Crippen LogP contribution in [-0.2, 0) is 6.42 Å². The molecule has 1 amide bonds. The number of fused-ring (bicyclic) bond motifs is 1. The quantitative estimate of drug-likeness (QED) is 0.414. The molecule has 0 fully saturated rings. The second kappa shape index (κ2) is 9.96. The van der Waals surface area contributed by atoms with Gasteiger partial charge in [-0.1, -0.05) is 26.8 Å². The number of carbonyl (C=O) groups excluding carboxylic acids is 1. The van der Waals surface area contributed by atoms with E-state index in [-0.39, 0.29) is 5.52 Å². The molecule has 2 aromatic heterocycles. The van der Waals surface area contributed by atoms with Gasteiger partial charge in [0.2, 0.25) is 5.91 Å². The Labute approximate surface area is 184 Å². The van der Waals surface area contributed by atoms with Crippen molar-refractivity contribution < 1.29 is 18.3 Å². The predicted molar refractivity (Wildman–Crippen MR) is 121 cm³/mol. The van der Waals surface area contributed by atoms with Crippen LogP contribution in [0.2, 0.25) is 0 Å². The number of ether oxygens (including phenoxy) is 1. The van der Waals surface area contributed by atoms with Crippen LogP contribution in [0, 0.1) is 11.6 Å². The molecule has 0 atom stereocenters. The fourth-order valence-corrected chi connectivity index (χ4v) is 3.26. The lowest BCUT2D eigenvalue weighted by Gasteiger charge is -2.10. The van der Waals surface area contributed by atoms with Gasteiger partial charge < -0.3 is 10.5 Å². The van der Waals surface area contributed by atoms with Gasteiger partial charge in [0.1, 0.15) is 22.8 Å². The van der Waals surface area contributed by atoms with Gasteiger partial charge in [-0.3, -0.25) is 9.78 Å². The summed E-state index contributed by atoms with van der Waals surface area (Å²) in [5.74, 6) is -1.07. The minimum Gasteiger partial charge on any atom is -0.456 e. The number of pyridine rings is 2. The molecule has 2 aromatic carbocycles. The number of aryl methyl sites for hydroxylation is 1. The van der Waals surface area contributed by atoms with Crippen LogP contribution in [0.15, 0.2) is 60.9 Å². The van der Waals surface area contributed by atoms with E-state index < -0.39 is 17.5 Å². The largest absolute Gasteiger partial charge is 0.456 e. The second-order valence-corrected chi connectivity index (χ2v) is 6.70. The molecule has 0 aliphatic rings. The van der Waals surface area contributed by atoms with E-state index in [4.69, 9.17) is 10.5 Å². The van der Waals surface area contributed by atoms with E-state index in [0.717, 1.165) is 17.2 Å². The minimum atomic E-state index is -0.728. The minimum absolute atomic E-state index is 0.0702. The molecule has 2 N–H and O–H groups in total. The first-order valence-electron chi connectivity index (χ1n) is 10.3. The Kier molecular flexibility index (Phi) is 7.10. The number of halogens is 2. The lowest BCUT2D eigenvalue weighted by atomic mass is 9.99. The molecule has 164 valence electrons. The van der Waals surface area contributed by atoms with Crippen molar-refractivity contribution in [2.24, 2.45) is 5.73 Å². The molecule has 0 aliphatic heterocycles. The fraction of sp³-hybridized carbons (Fsp3) is 0.160. The van der Waals surface area contributed by atoms with Crippen LogP contribution >= 0.6 is 0 Å². The molecule has 4 rings (SSSR count). The Balaban J connectivity index is 0.00000141. The number of aromatic nitrogens is 2. The number of hydrogen-bond acceptors (Lipinski definition) is 4. The van der Waals surface area contributed by atoms with E-state index in [1.165, 1.54) is 18.3 Å². The van der Waals surface area contributed by atoms with Gasteiger partial charge in [-0.2, -0.15) is 0 Å². The van der Waals surface area contributed by atoms with E-state index in [1.807, 2.05) is 26.8 Å². The van der Waals surface area contributed by atoms with Crippen LogP contribution in [0.25, 0.3) is 22.2 Å². The van der Waals surface area contributed by atoms with Crippen molar-refractivity contribution in [3.63, 3.8) is 0 Å². The van der Waals surface area contributed by atoms with Crippen molar-refractivity contribution in [3.8, 4) is 22.8 Å². The maximum absolute atomic E-state index is 13.8. The Morgan fingerprint density at radius 3 is 2.50 bits per heavy atom. The number of benzene rings is 2. The summed E-state index contributed by atoms with van der Waals surface area (Å²) >= 11 is 0. The van der Waals surface area contributed by atoms with Crippen molar-refractivity contribution in [3.05, 3.63) is 83.7 Å². The molecule has 5 nitrogen and oxygen atoms in total. The van der Waals surface area contributed by atoms with Crippen molar-refractivity contribution in [2.75, 3.05) is 0 Å². The van der Waals surface area contributed by atoms with Crippen molar-refractivity contribution >= 4 is 16.8 Å². The predicted octanol–water partition coefficient (Wildman–Crippen LogP) is 6.05. The molecule has 2 heterocycles. The average molecular weight is 435 g/mol. The van der Waals surface area contributed by atoms with Crippen LogP contribution in [0.4, 0.5) is 8.78 Å². The molecule has 0 saturated carbocycles. The summed E-state index contributed by atoms with van der Waals surface area (Å²) in [6.45, 7) is 5.94. The third-order valence-corrected chi connectivity index (χ3v) is 4.69. The van der Waals surface area contributed by atoms with Crippen LogP contribution in [0.3, 0.4) is 0 Å². The van der Waals surface area contributed by atoms with E-state index in [2.05, 4.69) is 9.97 Å². The first kappa shape index (κ1) is 22.8. The number of carbonyl (C=O) groups is 1. The number of nitrogens with two attached hydrogens (primary N) is 1. The van der Waals surface area contributed by atoms with Gasteiger partial charge in [0.15, 0.2) is 5.82 Å². The number of primary amides is 1. The Morgan fingerprint density at radius 2 is 1.78 bits per heavy atom. The molecular formula is C25H23F2N3O2. The topological polar surface area (TPSA) is 78.1 Å². The highest BCUT2D eigenvalue weighted by Crippen LogP contribution is 2.29. The van der Waals surface area contributed by atoms with Crippen molar-refractivity contribution in [1.82, 2.24) is 9.97 Å².